The number of para-hydroxylation sites is 1. The van der Waals surface area contributed by atoms with Crippen LogP contribution in [0.25, 0.3) is 0 Å². The Morgan fingerprint density at radius 1 is 1.33 bits per heavy atom. The Morgan fingerprint density at radius 3 is 2.67 bits per heavy atom. The van der Waals surface area contributed by atoms with Crippen LogP contribution in [0.1, 0.15) is 10.4 Å². The quantitative estimate of drug-likeness (QED) is 0.661. The lowest BCUT2D eigenvalue weighted by molar-refractivity contribution is -0.385. The minimum Gasteiger partial charge on any atom is -0.478 e. The molecule has 108 valence electrons. The zero-order valence-electron chi connectivity index (χ0n) is 10.2. The molecule has 2 aromatic carbocycles. The molecule has 0 saturated heterocycles. The average Bonchev–Trinajstić information content (AvgIpc) is 2.42. The van der Waals surface area contributed by atoms with Crippen LogP contribution >= 0.6 is 15.9 Å². The number of carbonyl (C=O) groups is 1. The molecular formula is C13H7BrFNO5. The van der Waals surface area contributed by atoms with Gasteiger partial charge in [0.05, 0.1) is 9.40 Å². The van der Waals surface area contributed by atoms with Crippen LogP contribution in [0.3, 0.4) is 0 Å². The first-order valence-electron chi connectivity index (χ1n) is 5.53. The molecule has 0 aliphatic heterocycles. The van der Waals surface area contributed by atoms with Crippen molar-refractivity contribution in [3.8, 4) is 11.5 Å². The molecule has 6 nitrogen and oxygen atoms in total. The summed E-state index contributed by atoms with van der Waals surface area (Å²) in [7, 11) is 0. The van der Waals surface area contributed by atoms with E-state index in [0.29, 0.717) is 0 Å². The van der Waals surface area contributed by atoms with Crippen LogP contribution in [0.5, 0.6) is 11.5 Å². The summed E-state index contributed by atoms with van der Waals surface area (Å²) in [5, 5.41) is 20.0. The Balaban J connectivity index is 2.53. The highest BCUT2D eigenvalue weighted by Crippen LogP contribution is 2.39. The molecule has 0 aliphatic carbocycles. The molecule has 8 heteroatoms. The van der Waals surface area contributed by atoms with Gasteiger partial charge in [0.15, 0.2) is 0 Å². The second-order valence-corrected chi connectivity index (χ2v) is 4.75. The maximum absolute atomic E-state index is 13.1. The maximum Gasteiger partial charge on any atom is 0.339 e. The Kier molecular flexibility index (Phi) is 4.18. The van der Waals surface area contributed by atoms with Gasteiger partial charge in [-0.2, -0.15) is 0 Å². The molecule has 1 N–H and O–H groups in total. The van der Waals surface area contributed by atoms with Gasteiger partial charge in [0.1, 0.15) is 17.1 Å². The van der Waals surface area contributed by atoms with Gasteiger partial charge in [0.25, 0.3) is 0 Å². The molecule has 0 aliphatic rings. The van der Waals surface area contributed by atoms with Gasteiger partial charge < -0.3 is 9.84 Å². The zero-order valence-corrected chi connectivity index (χ0v) is 11.8. The van der Waals surface area contributed by atoms with Crippen molar-refractivity contribution in [2.24, 2.45) is 0 Å². The van der Waals surface area contributed by atoms with E-state index in [4.69, 9.17) is 9.84 Å². The number of aromatic carboxylic acids is 1. The lowest BCUT2D eigenvalue weighted by Gasteiger charge is -2.10. The van der Waals surface area contributed by atoms with Crippen LogP contribution in [0.15, 0.2) is 40.9 Å². The summed E-state index contributed by atoms with van der Waals surface area (Å²) in [6.07, 6.45) is 0. The summed E-state index contributed by atoms with van der Waals surface area (Å²) in [4.78, 5) is 21.4. The molecule has 0 radical (unpaired) electrons. The molecule has 0 aromatic heterocycles. The molecule has 2 aromatic rings. The molecule has 0 amide bonds. The van der Waals surface area contributed by atoms with Crippen LogP contribution in [-0.2, 0) is 0 Å². The van der Waals surface area contributed by atoms with Crippen molar-refractivity contribution in [2.45, 2.75) is 0 Å². The van der Waals surface area contributed by atoms with Crippen molar-refractivity contribution in [2.75, 3.05) is 0 Å². The van der Waals surface area contributed by atoms with E-state index in [2.05, 4.69) is 15.9 Å². The number of hydrogen-bond donors (Lipinski definition) is 1. The standard InChI is InChI=1S/C13H7BrFNO5/c14-9-2-1-3-10(16(19)20)12(9)21-11-5-4-7(15)6-8(11)13(17)18/h1-6H,(H,17,18). The number of nitro benzene ring substituents is 1. The molecule has 0 atom stereocenters. The third kappa shape index (κ3) is 3.16. The van der Waals surface area contributed by atoms with E-state index < -0.39 is 22.3 Å². The van der Waals surface area contributed by atoms with Gasteiger partial charge >= 0.3 is 11.7 Å². The molecular weight excluding hydrogens is 349 g/mol. The van der Waals surface area contributed by atoms with E-state index in [1.54, 1.807) is 0 Å². The Bertz CT molecular complexity index is 734. The SMILES string of the molecule is O=C(O)c1cc(F)ccc1Oc1c(Br)cccc1[N+](=O)[O-]. The van der Waals surface area contributed by atoms with Gasteiger partial charge in [-0.05, 0) is 40.2 Å². The van der Waals surface area contributed by atoms with E-state index in [1.165, 1.54) is 18.2 Å². The Labute approximate surface area is 126 Å². The molecule has 0 bridgehead atoms. The van der Waals surface area contributed by atoms with E-state index in [9.17, 15) is 19.3 Å². The largest absolute Gasteiger partial charge is 0.478 e. The highest BCUT2D eigenvalue weighted by Gasteiger charge is 2.21. The summed E-state index contributed by atoms with van der Waals surface area (Å²) >= 11 is 3.10. The van der Waals surface area contributed by atoms with Crippen LogP contribution in [0.4, 0.5) is 10.1 Å². The number of hydrogen-bond acceptors (Lipinski definition) is 4. The number of rotatable bonds is 4. The fourth-order valence-electron chi connectivity index (χ4n) is 1.61. The number of benzene rings is 2. The smallest absolute Gasteiger partial charge is 0.339 e. The fourth-order valence-corrected chi connectivity index (χ4v) is 2.05. The van der Waals surface area contributed by atoms with Gasteiger partial charge in [-0.15, -0.1) is 0 Å². The monoisotopic (exact) mass is 355 g/mol. The molecule has 0 heterocycles. The summed E-state index contributed by atoms with van der Waals surface area (Å²) < 4.78 is 18.7. The third-order valence-corrected chi connectivity index (χ3v) is 3.15. The van der Waals surface area contributed by atoms with Crippen molar-refractivity contribution < 1.29 is 24.0 Å². The summed E-state index contributed by atoms with van der Waals surface area (Å²) in [6.45, 7) is 0. The second-order valence-electron chi connectivity index (χ2n) is 3.89. The molecule has 0 unspecified atom stereocenters. The maximum atomic E-state index is 13.1. The Hall–Kier alpha value is -2.48. The normalized spacial score (nSPS) is 10.2. The minimum atomic E-state index is -1.40. The van der Waals surface area contributed by atoms with Crippen LogP contribution < -0.4 is 4.74 Å². The predicted molar refractivity (Wildman–Crippen MR) is 74.2 cm³/mol. The van der Waals surface area contributed by atoms with Crippen molar-refractivity contribution in [3.05, 3.63) is 62.4 Å². The van der Waals surface area contributed by atoms with Gasteiger partial charge in [0, 0.05) is 6.07 Å². The average molecular weight is 356 g/mol. The van der Waals surface area contributed by atoms with Crippen molar-refractivity contribution >= 4 is 27.6 Å². The topological polar surface area (TPSA) is 89.7 Å². The number of nitrogens with zero attached hydrogens (tertiary/aromatic N) is 1. The lowest BCUT2D eigenvalue weighted by Crippen LogP contribution is -2.02. The summed E-state index contributed by atoms with van der Waals surface area (Å²) in [6, 6.07) is 7.04. The van der Waals surface area contributed by atoms with Crippen molar-refractivity contribution in [1.82, 2.24) is 0 Å². The zero-order chi connectivity index (χ0) is 15.6. The van der Waals surface area contributed by atoms with Crippen LogP contribution in [-0.4, -0.2) is 16.0 Å². The third-order valence-electron chi connectivity index (χ3n) is 2.53. The van der Waals surface area contributed by atoms with Gasteiger partial charge in [-0.3, -0.25) is 10.1 Å². The van der Waals surface area contributed by atoms with E-state index >= 15 is 0 Å². The molecule has 21 heavy (non-hydrogen) atoms. The van der Waals surface area contributed by atoms with Gasteiger partial charge in [0.2, 0.25) is 5.75 Å². The van der Waals surface area contributed by atoms with Crippen molar-refractivity contribution in [3.63, 3.8) is 0 Å². The van der Waals surface area contributed by atoms with Gasteiger partial charge in [-0.1, -0.05) is 6.07 Å². The first-order valence-corrected chi connectivity index (χ1v) is 6.33. The summed E-state index contributed by atoms with van der Waals surface area (Å²) in [5.74, 6) is -2.50. The number of carboxylic acids is 1. The molecule has 2 rings (SSSR count). The van der Waals surface area contributed by atoms with E-state index in [1.807, 2.05) is 0 Å². The minimum absolute atomic E-state index is 0.156. The summed E-state index contributed by atoms with van der Waals surface area (Å²) in [5.41, 5.74) is -0.773. The number of halogens is 2. The number of nitro groups is 1. The molecule has 0 fully saturated rings. The van der Waals surface area contributed by atoms with Crippen molar-refractivity contribution in [1.29, 1.82) is 0 Å². The van der Waals surface area contributed by atoms with Gasteiger partial charge in [-0.25, -0.2) is 9.18 Å². The number of carboxylic acid groups (broad SMARTS) is 1. The molecule has 0 spiro atoms. The first-order chi connectivity index (χ1) is 9.90. The second kappa shape index (κ2) is 5.88. The first kappa shape index (κ1) is 14.9. The van der Waals surface area contributed by atoms with E-state index in [-0.39, 0.29) is 21.7 Å². The highest BCUT2D eigenvalue weighted by atomic mass is 79.9. The van der Waals surface area contributed by atoms with E-state index in [0.717, 1.165) is 18.2 Å². The Morgan fingerprint density at radius 2 is 2.05 bits per heavy atom. The number of ether oxygens (including phenoxy) is 1. The van der Waals surface area contributed by atoms with Crippen LogP contribution in [0, 0.1) is 15.9 Å². The lowest BCUT2D eigenvalue weighted by atomic mass is 10.2. The van der Waals surface area contributed by atoms with Crippen LogP contribution in [0.2, 0.25) is 0 Å². The molecule has 0 saturated carbocycles. The fraction of sp³-hybridized carbons (Fsp3) is 0. The highest BCUT2D eigenvalue weighted by molar-refractivity contribution is 9.10. The predicted octanol–water partition coefficient (Wildman–Crippen LogP) is 3.99.